The van der Waals surface area contributed by atoms with Crippen molar-refractivity contribution >= 4 is 5.69 Å². The Balaban J connectivity index is 2.27. The van der Waals surface area contributed by atoms with Crippen molar-refractivity contribution in [2.45, 2.75) is 13.5 Å². The highest BCUT2D eigenvalue weighted by atomic mass is 19.3. The zero-order chi connectivity index (χ0) is 12.3. The first-order valence-electron chi connectivity index (χ1n) is 5.68. The number of hydrogen-bond acceptors (Lipinski definition) is 3. The fraction of sp³-hybridized carbons (Fsp3) is 0.500. The number of para-hydroxylation sites is 1. The van der Waals surface area contributed by atoms with Crippen molar-refractivity contribution in [1.29, 1.82) is 0 Å². The van der Waals surface area contributed by atoms with Crippen molar-refractivity contribution in [2.75, 3.05) is 31.1 Å². The number of anilines is 1. The summed E-state index contributed by atoms with van der Waals surface area (Å²) in [6.45, 7) is 2.34. The van der Waals surface area contributed by atoms with Crippen LogP contribution in [-0.4, -0.2) is 32.8 Å². The van der Waals surface area contributed by atoms with Gasteiger partial charge in [0.25, 0.3) is 0 Å². The predicted molar refractivity (Wildman–Crippen MR) is 62.9 cm³/mol. The minimum atomic E-state index is -2.78. The number of ether oxygens (including phenoxy) is 1. The summed E-state index contributed by atoms with van der Waals surface area (Å²) in [6, 6.07) is 5.48. The number of benzene rings is 1. The van der Waals surface area contributed by atoms with Gasteiger partial charge in [-0.3, -0.25) is 0 Å². The number of hydrogen-bond donors (Lipinski definition) is 1. The van der Waals surface area contributed by atoms with Crippen molar-refractivity contribution in [3.63, 3.8) is 0 Å². The van der Waals surface area contributed by atoms with Crippen LogP contribution in [0.25, 0.3) is 0 Å². The third-order valence-corrected chi connectivity index (χ3v) is 2.86. The smallest absolute Gasteiger partial charge is 0.387 e. The molecule has 94 valence electrons. The molecule has 1 saturated heterocycles. The Kier molecular flexibility index (Phi) is 3.78. The number of nitrogens with zero attached hydrogens (tertiary/aromatic N) is 1. The summed E-state index contributed by atoms with van der Waals surface area (Å²) in [5.41, 5.74) is 1.49. The molecular formula is C12H16F2N2O. The number of aryl methyl sites for hydroxylation is 1. The Labute approximate surface area is 99.4 Å². The predicted octanol–water partition coefficient (Wildman–Crippen LogP) is 2.01. The molecule has 1 aromatic rings. The van der Waals surface area contributed by atoms with E-state index in [1.807, 2.05) is 12.1 Å². The lowest BCUT2D eigenvalue weighted by molar-refractivity contribution is -0.0499. The first-order chi connectivity index (χ1) is 8.18. The van der Waals surface area contributed by atoms with Crippen LogP contribution < -0.4 is 15.0 Å². The molecule has 1 aliphatic heterocycles. The lowest BCUT2D eigenvalue weighted by Gasteiger charge is -2.31. The summed E-state index contributed by atoms with van der Waals surface area (Å²) in [5, 5.41) is 3.23. The van der Waals surface area contributed by atoms with E-state index in [9.17, 15) is 8.78 Å². The van der Waals surface area contributed by atoms with Gasteiger partial charge in [-0.25, -0.2) is 0 Å². The van der Waals surface area contributed by atoms with E-state index in [2.05, 4.69) is 15.0 Å². The molecule has 17 heavy (non-hydrogen) atoms. The lowest BCUT2D eigenvalue weighted by atomic mass is 10.1. The zero-order valence-corrected chi connectivity index (χ0v) is 9.75. The van der Waals surface area contributed by atoms with E-state index in [-0.39, 0.29) is 0 Å². The van der Waals surface area contributed by atoms with Crippen LogP contribution in [0.1, 0.15) is 5.56 Å². The van der Waals surface area contributed by atoms with Gasteiger partial charge >= 0.3 is 6.61 Å². The van der Waals surface area contributed by atoms with E-state index >= 15 is 0 Å². The topological polar surface area (TPSA) is 24.5 Å². The lowest BCUT2D eigenvalue weighted by Crippen LogP contribution is -2.43. The Morgan fingerprint density at radius 2 is 2.00 bits per heavy atom. The number of alkyl halides is 2. The van der Waals surface area contributed by atoms with Crippen LogP contribution >= 0.6 is 0 Å². The van der Waals surface area contributed by atoms with Crippen LogP contribution in [0.15, 0.2) is 18.2 Å². The fourth-order valence-electron chi connectivity index (χ4n) is 2.03. The van der Waals surface area contributed by atoms with Gasteiger partial charge in [-0.2, -0.15) is 8.78 Å². The molecule has 0 bridgehead atoms. The van der Waals surface area contributed by atoms with Gasteiger partial charge in [0.15, 0.2) is 5.75 Å². The molecule has 3 nitrogen and oxygen atoms in total. The third kappa shape index (κ3) is 2.85. The summed E-state index contributed by atoms with van der Waals surface area (Å²) in [5.74, 6) is 0.296. The molecule has 1 fully saturated rings. The zero-order valence-electron chi connectivity index (χ0n) is 9.75. The molecule has 0 saturated carbocycles. The molecule has 1 aliphatic rings. The summed E-state index contributed by atoms with van der Waals surface area (Å²) < 4.78 is 29.4. The fourth-order valence-corrected chi connectivity index (χ4v) is 2.03. The van der Waals surface area contributed by atoms with Gasteiger partial charge in [0.1, 0.15) is 0 Å². The van der Waals surface area contributed by atoms with E-state index < -0.39 is 6.61 Å². The van der Waals surface area contributed by atoms with E-state index in [4.69, 9.17) is 0 Å². The molecule has 0 spiro atoms. The van der Waals surface area contributed by atoms with Crippen LogP contribution in [0.5, 0.6) is 5.75 Å². The van der Waals surface area contributed by atoms with Gasteiger partial charge in [0.05, 0.1) is 5.69 Å². The second-order valence-electron chi connectivity index (χ2n) is 4.04. The monoisotopic (exact) mass is 242 g/mol. The molecule has 1 N–H and O–H groups in total. The third-order valence-electron chi connectivity index (χ3n) is 2.86. The molecule has 0 aromatic heterocycles. The van der Waals surface area contributed by atoms with Crippen LogP contribution in [0, 0.1) is 6.92 Å². The second kappa shape index (κ2) is 5.31. The first kappa shape index (κ1) is 12.1. The molecule has 5 heteroatoms. The van der Waals surface area contributed by atoms with Gasteiger partial charge in [0, 0.05) is 26.2 Å². The van der Waals surface area contributed by atoms with E-state index in [1.165, 1.54) is 0 Å². The van der Waals surface area contributed by atoms with Crippen LogP contribution in [0.3, 0.4) is 0 Å². The van der Waals surface area contributed by atoms with E-state index in [0.717, 1.165) is 37.4 Å². The van der Waals surface area contributed by atoms with Crippen LogP contribution in [0.4, 0.5) is 14.5 Å². The Hall–Kier alpha value is -1.36. The highest BCUT2D eigenvalue weighted by molar-refractivity contribution is 5.62. The second-order valence-corrected chi connectivity index (χ2v) is 4.04. The van der Waals surface area contributed by atoms with Crippen LogP contribution in [0.2, 0.25) is 0 Å². The first-order valence-corrected chi connectivity index (χ1v) is 5.68. The minimum absolute atomic E-state index is 0.296. The summed E-state index contributed by atoms with van der Waals surface area (Å²) in [7, 11) is 0. The summed E-state index contributed by atoms with van der Waals surface area (Å²) in [6.07, 6.45) is 0. The Bertz CT molecular complexity index is 379. The molecule has 0 radical (unpaired) electrons. The van der Waals surface area contributed by atoms with Crippen molar-refractivity contribution < 1.29 is 13.5 Å². The molecule has 0 unspecified atom stereocenters. The molecule has 1 heterocycles. The quantitative estimate of drug-likeness (QED) is 0.877. The number of piperazine rings is 1. The van der Waals surface area contributed by atoms with Gasteiger partial charge in [0.2, 0.25) is 0 Å². The van der Waals surface area contributed by atoms with Crippen LogP contribution in [-0.2, 0) is 0 Å². The largest absolute Gasteiger partial charge is 0.432 e. The average molecular weight is 242 g/mol. The summed E-state index contributed by atoms with van der Waals surface area (Å²) >= 11 is 0. The molecular weight excluding hydrogens is 226 g/mol. The molecule has 0 amide bonds. The van der Waals surface area contributed by atoms with E-state index in [0.29, 0.717) is 5.75 Å². The number of rotatable bonds is 3. The highest BCUT2D eigenvalue weighted by Crippen LogP contribution is 2.33. The summed E-state index contributed by atoms with van der Waals surface area (Å²) in [4.78, 5) is 2.07. The van der Waals surface area contributed by atoms with Gasteiger partial charge in [-0.15, -0.1) is 0 Å². The minimum Gasteiger partial charge on any atom is -0.432 e. The maximum absolute atomic E-state index is 12.4. The van der Waals surface area contributed by atoms with E-state index in [1.54, 1.807) is 13.0 Å². The maximum Gasteiger partial charge on any atom is 0.387 e. The van der Waals surface area contributed by atoms with Crippen molar-refractivity contribution in [2.24, 2.45) is 0 Å². The molecule has 1 aromatic carbocycles. The normalized spacial score (nSPS) is 16.4. The molecule has 2 rings (SSSR count). The van der Waals surface area contributed by atoms with Gasteiger partial charge in [-0.1, -0.05) is 12.1 Å². The number of nitrogens with one attached hydrogen (secondary N) is 1. The maximum atomic E-state index is 12.4. The van der Waals surface area contributed by atoms with Gasteiger partial charge < -0.3 is 15.0 Å². The average Bonchev–Trinajstić information content (AvgIpc) is 2.32. The highest BCUT2D eigenvalue weighted by Gasteiger charge is 2.18. The Morgan fingerprint density at radius 1 is 1.29 bits per heavy atom. The number of halogens is 2. The molecule has 0 atom stereocenters. The van der Waals surface area contributed by atoms with Crippen molar-refractivity contribution in [3.8, 4) is 5.75 Å². The standard InChI is InChI=1S/C12H16F2N2O/c1-9-3-2-4-10(11(9)17-12(13)14)16-7-5-15-6-8-16/h2-4,12,15H,5-8H2,1H3. The van der Waals surface area contributed by atoms with Crippen molar-refractivity contribution in [1.82, 2.24) is 5.32 Å². The Morgan fingerprint density at radius 3 is 2.65 bits per heavy atom. The van der Waals surface area contributed by atoms with Gasteiger partial charge in [-0.05, 0) is 18.6 Å². The van der Waals surface area contributed by atoms with Crippen molar-refractivity contribution in [3.05, 3.63) is 23.8 Å². The molecule has 0 aliphatic carbocycles. The SMILES string of the molecule is Cc1cccc(N2CCNCC2)c1OC(F)F.